The third kappa shape index (κ3) is 10.7. The molecule has 0 aromatic heterocycles. The monoisotopic (exact) mass is 807 g/mol. The van der Waals surface area contributed by atoms with Gasteiger partial charge in [-0.1, -0.05) is 43.3 Å². The Morgan fingerprint density at radius 1 is 0.759 bits per heavy atom. The zero-order chi connectivity index (χ0) is 42.6. The second-order valence-electron chi connectivity index (χ2n) is 18.9. The Balaban J connectivity index is 1.67. The molecule has 320 valence electrons. The number of hydrogen-bond acceptors (Lipinski definition) is 12. The van der Waals surface area contributed by atoms with Crippen LogP contribution >= 0.6 is 0 Å². The predicted octanol–water partition coefficient (Wildman–Crippen LogP) is 7.40. The quantitative estimate of drug-likeness (QED) is 0.156. The number of rotatable bonds is 12. The second-order valence-corrected chi connectivity index (χ2v) is 18.9. The van der Waals surface area contributed by atoms with Crippen LogP contribution in [0.2, 0.25) is 0 Å². The average molecular weight is 808 g/mol. The van der Waals surface area contributed by atoms with Crippen LogP contribution < -0.4 is 9.47 Å². The zero-order valence-electron chi connectivity index (χ0n) is 36.4. The second kappa shape index (κ2) is 18.4. The summed E-state index contributed by atoms with van der Waals surface area (Å²) in [5.41, 5.74) is -0.105. The van der Waals surface area contributed by atoms with Crippen molar-refractivity contribution in [3.63, 3.8) is 0 Å². The maximum atomic E-state index is 13.9. The molecule has 0 amide bonds. The van der Waals surface area contributed by atoms with Crippen molar-refractivity contribution in [2.75, 3.05) is 19.7 Å². The van der Waals surface area contributed by atoms with Gasteiger partial charge in [0, 0.05) is 11.6 Å². The van der Waals surface area contributed by atoms with Crippen LogP contribution in [-0.2, 0) is 62.3 Å². The predicted molar refractivity (Wildman–Crippen MR) is 217 cm³/mol. The van der Waals surface area contributed by atoms with Crippen LogP contribution in [0.25, 0.3) is 0 Å². The van der Waals surface area contributed by atoms with Gasteiger partial charge in [-0.05, 0) is 138 Å². The van der Waals surface area contributed by atoms with Crippen molar-refractivity contribution in [2.45, 2.75) is 152 Å². The van der Waals surface area contributed by atoms with E-state index in [4.69, 9.17) is 33.2 Å². The van der Waals surface area contributed by atoms with Crippen LogP contribution in [-0.4, -0.2) is 85.2 Å². The van der Waals surface area contributed by atoms with Crippen molar-refractivity contribution in [3.8, 4) is 11.5 Å². The standard InChI is InChI=1S/C46H65NO11/c1-12-23-47-24-17-20-30-25-31-29(26-32(30)47)21-22-33(53-27-28-18-15-14-16-19-28)34(31)54-40-38(58-43(51)46(9,10)11)36(57-42(50)45(6,7)8)35(56-41(49)44(3,4)5)37(55-40)39(48)52-13-2/h14-16,18-19,21-22,30,32,35-38,40H,12-13,17,20,23-27H2,1-11H3/t30-,32-,35+,36+,37+,38-,40-/m1/s1. The lowest BCUT2D eigenvalue weighted by atomic mass is 9.75. The van der Waals surface area contributed by atoms with E-state index in [-0.39, 0.29) is 13.2 Å². The maximum absolute atomic E-state index is 13.9. The van der Waals surface area contributed by atoms with Crippen molar-refractivity contribution in [1.29, 1.82) is 0 Å². The first-order chi connectivity index (χ1) is 27.2. The van der Waals surface area contributed by atoms with Crippen LogP contribution in [0.1, 0.15) is 112 Å². The smallest absolute Gasteiger partial charge is 0.339 e. The fraction of sp³-hybridized carbons (Fsp3) is 0.652. The Morgan fingerprint density at radius 2 is 1.36 bits per heavy atom. The van der Waals surface area contributed by atoms with E-state index in [1.165, 1.54) is 0 Å². The first kappa shape index (κ1) is 44.9. The number of hydrogen-bond donors (Lipinski definition) is 0. The highest BCUT2D eigenvalue weighted by Crippen LogP contribution is 2.45. The van der Waals surface area contributed by atoms with Gasteiger partial charge in [-0.15, -0.1) is 0 Å². The highest BCUT2D eigenvalue weighted by Gasteiger charge is 2.58. The number of carbonyl (C=O) groups is 4. The number of esters is 4. The van der Waals surface area contributed by atoms with E-state index in [0.717, 1.165) is 55.5 Å². The number of benzene rings is 2. The summed E-state index contributed by atoms with van der Waals surface area (Å²) in [6.07, 6.45) is -3.07. The van der Waals surface area contributed by atoms with Crippen LogP contribution in [0.3, 0.4) is 0 Å². The third-order valence-electron chi connectivity index (χ3n) is 10.8. The maximum Gasteiger partial charge on any atom is 0.339 e. The molecule has 7 atom stereocenters. The molecule has 58 heavy (non-hydrogen) atoms. The minimum Gasteiger partial charge on any atom is -0.485 e. The van der Waals surface area contributed by atoms with Crippen LogP contribution in [0.4, 0.5) is 0 Å². The van der Waals surface area contributed by atoms with Gasteiger partial charge in [0.1, 0.15) is 6.61 Å². The lowest BCUT2D eigenvalue weighted by molar-refractivity contribution is -0.287. The molecule has 0 radical (unpaired) electrons. The molecule has 0 N–H and O–H groups in total. The molecule has 0 unspecified atom stereocenters. The number of fused-ring (bicyclic) bond motifs is 2. The van der Waals surface area contributed by atoms with E-state index >= 15 is 0 Å². The molecule has 3 aliphatic rings. The molecule has 12 heteroatoms. The van der Waals surface area contributed by atoms with Crippen molar-refractivity contribution >= 4 is 23.9 Å². The molecule has 0 saturated carbocycles. The van der Waals surface area contributed by atoms with Crippen LogP contribution in [0, 0.1) is 22.2 Å². The van der Waals surface area contributed by atoms with Gasteiger partial charge in [0.15, 0.2) is 29.8 Å². The summed E-state index contributed by atoms with van der Waals surface area (Å²) < 4.78 is 43.9. The summed E-state index contributed by atoms with van der Waals surface area (Å²) in [6.45, 7) is 21.2. The summed E-state index contributed by atoms with van der Waals surface area (Å²) in [7, 11) is 0. The van der Waals surface area contributed by atoms with E-state index in [2.05, 4.69) is 17.9 Å². The Bertz CT molecular complexity index is 1750. The summed E-state index contributed by atoms with van der Waals surface area (Å²) in [6, 6.07) is 14.1. The Hall–Kier alpha value is -4.16. The lowest BCUT2D eigenvalue weighted by Gasteiger charge is -2.46. The number of likely N-dealkylation sites (tertiary alicyclic amines) is 1. The molecule has 2 saturated heterocycles. The number of piperidine rings is 1. The van der Waals surface area contributed by atoms with E-state index in [1.807, 2.05) is 36.4 Å². The third-order valence-corrected chi connectivity index (χ3v) is 10.8. The zero-order valence-corrected chi connectivity index (χ0v) is 36.4. The Labute approximate surface area is 344 Å². The highest BCUT2D eigenvalue weighted by molar-refractivity contribution is 5.80. The molecule has 2 heterocycles. The van der Waals surface area contributed by atoms with Gasteiger partial charge in [-0.3, -0.25) is 19.3 Å². The van der Waals surface area contributed by atoms with Gasteiger partial charge >= 0.3 is 23.9 Å². The number of ether oxygens (including phenoxy) is 7. The summed E-state index contributed by atoms with van der Waals surface area (Å²) in [5.74, 6) is -1.72. The van der Waals surface area contributed by atoms with Gasteiger partial charge in [0.05, 0.1) is 22.9 Å². The number of nitrogens with zero attached hydrogens (tertiary/aromatic N) is 1. The van der Waals surface area contributed by atoms with Gasteiger partial charge in [0.2, 0.25) is 12.4 Å². The first-order valence-electron chi connectivity index (χ1n) is 20.9. The normalized spacial score (nSPS) is 25.1. The van der Waals surface area contributed by atoms with Crippen molar-refractivity contribution in [2.24, 2.45) is 22.2 Å². The van der Waals surface area contributed by atoms with Crippen LogP contribution in [0.15, 0.2) is 42.5 Å². The molecular formula is C46H65NO11. The van der Waals surface area contributed by atoms with Crippen LogP contribution in [0.5, 0.6) is 11.5 Å². The molecule has 0 spiro atoms. The molecular weight excluding hydrogens is 743 g/mol. The minimum absolute atomic E-state index is 0.0136. The van der Waals surface area contributed by atoms with E-state index in [9.17, 15) is 19.2 Å². The molecule has 0 bridgehead atoms. The fourth-order valence-corrected chi connectivity index (χ4v) is 7.56. The molecule has 2 fully saturated rings. The van der Waals surface area contributed by atoms with Crippen molar-refractivity contribution in [3.05, 3.63) is 59.2 Å². The van der Waals surface area contributed by atoms with Gasteiger partial charge in [-0.25, -0.2) is 4.79 Å². The molecule has 12 nitrogen and oxygen atoms in total. The lowest BCUT2D eigenvalue weighted by Crippen LogP contribution is -2.65. The highest BCUT2D eigenvalue weighted by atomic mass is 16.7. The number of carbonyl (C=O) groups excluding carboxylic acids is 4. The SMILES string of the molecule is CCCN1CCC[C@@H]2Cc3c(ccc(OCc4ccccc4)c3O[C@@H]3O[C@H](C(=O)OCC)[C@@H](OC(=O)C(C)(C)C)[C@H](OC(=O)C(C)(C)C)[C@H]3OC(=O)C(C)(C)C)C[C@H]21. The fourth-order valence-electron chi connectivity index (χ4n) is 7.56. The first-order valence-corrected chi connectivity index (χ1v) is 20.9. The largest absolute Gasteiger partial charge is 0.485 e. The molecule has 2 aliphatic heterocycles. The van der Waals surface area contributed by atoms with Gasteiger partial charge in [-0.2, -0.15) is 0 Å². The summed E-state index contributed by atoms with van der Waals surface area (Å²) in [4.78, 5) is 57.7. The summed E-state index contributed by atoms with van der Waals surface area (Å²) in [5, 5.41) is 0. The summed E-state index contributed by atoms with van der Waals surface area (Å²) >= 11 is 0. The topological polar surface area (TPSA) is 136 Å². The van der Waals surface area contributed by atoms with E-state index in [0.29, 0.717) is 29.9 Å². The Morgan fingerprint density at radius 3 is 1.95 bits per heavy atom. The van der Waals surface area contributed by atoms with Gasteiger partial charge < -0.3 is 33.2 Å². The molecule has 2 aromatic rings. The van der Waals surface area contributed by atoms with E-state index < -0.39 is 70.8 Å². The minimum atomic E-state index is -1.63. The average Bonchev–Trinajstić information content (AvgIpc) is 3.15. The molecule has 5 rings (SSSR count). The van der Waals surface area contributed by atoms with E-state index in [1.54, 1.807) is 69.2 Å². The van der Waals surface area contributed by atoms with Gasteiger partial charge in [0.25, 0.3) is 0 Å². The molecule has 1 aliphatic carbocycles. The van der Waals surface area contributed by atoms with Crippen molar-refractivity contribution < 1.29 is 52.3 Å². The van der Waals surface area contributed by atoms with Crippen molar-refractivity contribution in [1.82, 2.24) is 4.90 Å². The Kier molecular flexibility index (Phi) is 14.3. The molecule has 2 aromatic carbocycles.